The van der Waals surface area contributed by atoms with Gasteiger partial charge in [0.1, 0.15) is 5.82 Å². The molecule has 0 unspecified atom stereocenters. The van der Waals surface area contributed by atoms with Gasteiger partial charge < -0.3 is 4.90 Å². The van der Waals surface area contributed by atoms with Crippen LogP contribution in [0.15, 0.2) is 225 Å². The van der Waals surface area contributed by atoms with Gasteiger partial charge in [-0.25, -0.2) is 4.98 Å². The van der Waals surface area contributed by atoms with E-state index in [1.807, 2.05) is 6.20 Å². The third kappa shape index (κ3) is 6.12. The highest BCUT2D eigenvalue weighted by atomic mass is 15.2. The predicted molar refractivity (Wildman–Crippen MR) is 234 cm³/mol. The van der Waals surface area contributed by atoms with Crippen molar-refractivity contribution in [1.82, 2.24) is 4.98 Å². The van der Waals surface area contributed by atoms with Crippen LogP contribution in [0.5, 0.6) is 0 Å². The summed E-state index contributed by atoms with van der Waals surface area (Å²) in [6.45, 7) is 0. The zero-order valence-electron chi connectivity index (χ0n) is 30.7. The maximum absolute atomic E-state index is 5.15. The van der Waals surface area contributed by atoms with Crippen LogP contribution < -0.4 is 9.80 Å². The van der Waals surface area contributed by atoms with Crippen LogP contribution in [0.25, 0.3) is 55.6 Å². The first-order valence-corrected chi connectivity index (χ1v) is 19.0. The second-order valence-corrected chi connectivity index (χ2v) is 14.0. The summed E-state index contributed by atoms with van der Waals surface area (Å²) in [5.74, 6) is 0.847. The molecule has 0 radical (unpaired) electrons. The van der Waals surface area contributed by atoms with Crippen molar-refractivity contribution in [1.29, 1.82) is 0 Å². The Balaban J connectivity index is 1.05. The molecule has 0 bridgehead atoms. The van der Waals surface area contributed by atoms with Crippen molar-refractivity contribution < 1.29 is 0 Å². The van der Waals surface area contributed by atoms with E-state index < -0.39 is 0 Å². The van der Waals surface area contributed by atoms with Crippen molar-refractivity contribution in [2.75, 3.05) is 9.80 Å². The number of pyridine rings is 1. The van der Waals surface area contributed by atoms with Gasteiger partial charge >= 0.3 is 0 Å². The standard InChI is InChI=1S/C53H37N3/c1-4-14-38(15-5-1)40-24-30-45(31-25-40)55(46-32-26-41(27-33-46)39-16-6-2-7-17-39)53-35-29-43(37-54-53)42-28-34-52-50(36-42)48-21-11-10-20-47(48)49-22-12-13-23-51(49)56(52)44-18-8-3-9-19-44/h1-37H. The quantitative estimate of drug-likeness (QED) is 0.164. The van der Waals surface area contributed by atoms with Crippen molar-refractivity contribution in [2.24, 2.45) is 0 Å². The molecular weight excluding hydrogens is 679 g/mol. The molecule has 0 saturated heterocycles. The lowest BCUT2D eigenvalue weighted by Gasteiger charge is -2.27. The zero-order chi connectivity index (χ0) is 37.3. The highest BCUT2D eigenvalue weighted by Crippen LogP contribution is 2.51. The average Bonchev–Trinajstić information content (AvgIpc) is 3.40. The van der Waals surface area contributed by atoms with Crippen LogP contribution in [0.3, 0.4) is 0 Å². The molecule has 1 aliphatic rings. The van der Waals surface area contributed by atoms with Crippen molar-refractivity contribution in [3.63, 3.8) is 0 Å². The summed E-state index contributed by atoms with van der Waals surface area (Å²) in [4.78, 5) is 9.78. The van der Waals surface area contributed by atoms with E-state index in [9.17, 15) is 0 Å². The molecule has 0 saturated carbocycles. The Labute approximate surface area is 328 Å². The second kappa shape index (κ2) is 14.4. The molecule has 8 aromatic carbocycles. The van der Waals surface area contributed by atoms with Crippen LogP contribution in [0.1, 0.15) is 0 Å². The maximum atomic E-state index is 5.15. The highest BCUT2D eigenvalue weighted by Gasteiger charge is 2.26. The first-order chi connectivity index (χ1) is 27.8. The Hall–Kier alpha value is -7.49. The molecule has 3 nitrogen and oxygen atoms in total. The lowest BCUT2D eigenvalue weighted by Crippen LogP contribution is -2.11. The smallest absolute Gasteiger partial charge is 0.137 e. The number of hydrogen-bond acceptors (Lipinski definition) is 3. The fraction of sp³-hybridized carbons (Fsp3) is 0. The van der Waals surface area contributed by atoms with Crippen molar-refractivity contribution in [2.45, 2.75) is 0 Å². The molecule has 0 amide bonds. The number of aromatic nitrogens is 1. The number of para-hydroxylation sites is 2. The largest absolute Gasteiger partial charge is 0.309 e. The topological polar surface area (TPSA) is 19.4 Å². The zero-order valence-corrected chi connectivity index (χ0v) is 30.7. The summed E-state index contributed by atoms with van der Waals surface area (Å²) in [5, 5.41) is 0. The van der Waals surface area contributed by atoms with Crippen LogP contribution in [0, 0.1) is 0 Å². The van der Waals surface area contributed by atoms with Crippen LogP contribution in [0.2, 0.25) is 0 Å². The number of nitrogens with zero attached hydrogens (tertiary/aromatic N) is 3. The van der Waals surface area contributed by atoms with Gasteiger partial charge in [0.2, 0.25) is 0 Å². The van der Waals surface area contributed by atoms with E-state index in [1.54, 1.807) is 0 Å². The number of fused-ring (bicyclic) bond motifs is 5. The van der Waals surface area contributed by atoms with E-state index in [-0.39, 0.29) is 0 Å². The van der Waals surface area contributed by atoms with E-state index in [1.165, 1.54) is 44.5 Å². The second-order valence-electron chi connectivity index (χ2n) is 14.0. The first kappa shape index (κ1) is 33.1. The summed E-state index contributed by atoms with van der Waals surface area (Å²) in [7, 11) is 0. The van der Waals surface area contributed by atoms with Gasteiger partial charge in [-0.15, -0.1) is 0 Å². The van der Waals surface area contributed by atoms with Gasteiger partial charge in [-0.3, -0.25) is 4.90 Å². The summed E-state index contributed by atoms with van der Waals surface area (Å²) >= 11 is 0. The number of rotatable bonds is 7. The van der Waals surface area contributed by atoms with Crippen molar-refractivity contribution >= 4 is 34.3 Å². The molecule has 1 aliphatic heterocycles. The Morgan fingerprint density at radius 1 is 0.321 bits per heavy atom. The van der Waals surface area contributed by atoms with E-state index in [4.69, 9.17) is 4.98 Å². The Morgan fingerprint density at radius 2 is 0.768 bits per heavy atom. The molecule has 2 heterocycles. The Bertz CT molecular complexity index is 2680. The molecule has 0 N–H and O–H groups in total. The lowest BCUT2D eigenvalue weighted by atomic mass is 9.93. The van der Waals surface area contributed by atoms with Crippen LogP contribution in [0.4, 0.5) is 34.3 Å². The minimum atomic E-state index is 0.847. The normalized spacial score (nSPS) is 11.5. The average molecular weight is 716 g/mol. The van der Waals surface area contributed by atoms with E-state index in [0.29, 0.717) is 0 Å². The molecule has 3 heteroatoms. The summed E-state index contributed by atoms with van der Waals surface area (Å²) in [6.07, 6.45) is 2.01. The van der Waals surface area contributed by atoms with E-state index in [2.05, 4.69) is 228 Å². The molecule has 56 heavy (non-hydrogen) atoms. The molecule has 9 aromatic rings. The molecule has 0 aliphatic carbocycles. The third-order valence-electron chi connectivity index (χ3n) is 10.7. The van der Waals surface area contributed by atoms with Gasteiger partial charge in [-0.1, -0.05) is 152 Å². The van der Waals surface area contributed by atoms with Crippen LogP contribution in [-0.2, 0) is 0 Å². The van der Waals surface area contributed by atoms with Crippen molar-refractivity contribution in [3.05, 3.63) is 225 Å². The fourth-order valence-electron chi connectivity index (χ4n) is 7.93. The van der Waals surface area contributed by atoms with E-state index in [0.717, 1.165) is 45.4 Å². The maximum Gasteiger partial charge on any atom is 0.137 e. The summed E-state index contributed by atoms with van der Waals surface area (Å²) in [5.41, 5.74) is 17.3. The SMILES string of the molecule is c1ccc(-c2ccc(N(c3ccc(-c4ccccc4)cc3)c3ccc(-c4ccc5c(c4)-c4ccccc4-c4ccccc4N5c4ccccc4)cn3)cc2)cc1. The first-order valence-electron chi connectivity index (χ1n) is 19.0. The number of benzene rings is 8. The summed E-state index contributed by atoms with van der Waals surface area (Å²) < 4.78 is 0. The van der Waals surface area contributed by atoms with Crippen LogP contribution in [-0.4, -0.2) is 4.98 Å². The highest BCUT2D eigenvalue weighted by molar-refractivity contribution is 6.03. The van der Waals surface area contributed by atoms with E-state index >= 15 is 0 Å². The van der Waals surface area contributed by atoms with Crippen LogP contribution >= 0.6 is 0 Å². The monoisotopic (exact) mass is 715 g/mol. The minimum absolute atomic E-state index is 0.847. The Kier molecular flexibility index (Phi) is 8.51. The predicted octanol–water partition coefficient (Wildman–Crippen LogP) is 14.7. The van der Waals surface area contributed by atoms with Crippen molar-refractivity contribution in [3.8, 4) is 55.6 Å². The molecule has 0 spiro atoms. The Morgan fingerprint density at radius 3 is 1.34 bits per heavy atom. The van der Waals surface area contributed by atoms with Gasteiger partial charge in [0.25, 0.3) is 0 Å². The molecule has 0 fully saturated rings. The fourth-order valence-corrected chi connectivity index (χ4v) is 7.93. The molecule has 264 valence electrons. The van der Waals surface area contributed by atoms with Gasteiger partial charge in [-0.05, 0) is 106 Å². The summed E-state index contributed by atoms with van der Waals surface area (Å²) in [6, 6.07) is 77.8. The van der Waals surface area contributed by atoms with Gasteiger partial charge in [0.05, 0.1) is 11.4 Å². The molecule has 0 atom stereocenters. The van der Waals surface area contributed by atoms with Gasteiger partial charge in [-0.2, -0.15) is 0 Å². The molecule has 10 rings (SSSR count). The number of anilines is 6. The minimum Gasteiger partial charge on any atom is -0.309 e. The van der Waals surface area contributed by atoms with Gasteiger partial charge in [0.15, 0.2) is 0 Å². The molecular formula is C53H37N3. The molecule has 1 aromatic heterocycles. The third-order valence-corrected chi connectivity index (χ3v) is 10.7. The number of hydrogen-bond donors (Lipinski definition) is 0. The van der Waals surface area contributed by atoms with Gasteiger partial charge in [0, 0.05) is 39.9 Å². The lowest BCUT2D eigenvalue weighted by molar-refractivity contribution is 1.18.